The molecule has 0 atom stereocenters. The number of carbonyl (C=O) groups is 6. The topological polar surface area (TPSA) is 158 Å². The summed E-state index contributed by atoms with van der Waals surface area (Å²) in [7, 11) is 0. The van der Waals surface area contributed by atoms with Crippen LogP contribution in [0.1, 0.15) is 87.4 Å². The van der Waals surface area contributed by atoms with Crippen LogP contribution in [-0.4, -0.2) is 68.3 Å². The van der Waals surface area contributed by atoms with Crippen LogP contribution in [0, 0.1) is 17.8 Å². The molecule has 0 aliphatic heterocycles. The molecule has 262 valence electrons. The molecule has 0 amide bonds. The summed E-state index contributed by atoms with van der Waals surface area (Å²) in [6.45, 7) is 7.56. The van der Waals surface area contributed by atoms with E-state index in [1.54, 1.807) is 0 Å². The zero-order valence-electron chi connectivity index (χ0n) is 27.4. The number of esters is 6. The van der Waals surface area contributed by atoms with Gasteiger partial charge in [0.2, 0.25) is 0 Å². The van der Waals surface area contributed by atoms with E-state index in [2.05, 4.69) is 13.2 Å². The molecule has 2 aliphatic carbocycles. The van der Waals surface area contributed by atoms with Crippen molar-refractivity contribution in [1.82, 2.24) is 0 Å². The molecule has 0 heterocycles. The second-order valence-corrected chi connectivity index (χ2v) is 11.9. The minimum atomic E-state index is -0.509. The summed E-state index contributed by atoms with van der Waals surface area (Å²) in [6, 6.07) is 6.12. The number of unbranched alkanes of at least 4 members (excludes halogenated alkanes) is 2. The number of benzene rings is 1. The Morgan fingerprint density at radius 2 is 1.00 bits per heavy atom. The van der Waals surface area contributed by atoms with Gasteiger partial charge in [0.15, 0.2) is 0 Å². The van der Waals surface area contributed by atoms with E-state index in [9.17, 15) is 28.8 Å². The third kappa shape index (κ3) is 13.3. The van der Waals surface area contributed by atoms with E-state index < -0.39 is 17.9 Å². The summed E-state index contributed by atoms with van der Waals surface area (Å²) in [5.74, 6) is -2.90. The molecule has 0 unspecified atom stereocenters. The highest BCUT2D eigenvalue weighted by Crippen LogP contribution is 2.33. The van der Waals surface area contributed by atoms with Crippen molar-refractivity contribution in [2.24, 2.45) is 17.8 Å². The van der Waals surface area contributed by atoms with Crippen LogP contribution in [0.5, 0.6) is 5.75 Å². The summed E-state index contributed by atoms with van der Waals surface area (Å²) < 4.78 is 31.6. The number of hydrogen-bond donors (Lipinski definition) is 0. The van der Waals surface area contributed by atoms with Gasteiger partial charge in [0.05, 0.1) is 49.7 Å². The van der Waals surface area contributed by atoms with E-state index in [0.29, 0.717) is 88.4 Å². The van der Waals surface area contributed by atoms with Gasteiger partial charge in [-0.05, 0) is 101 Å². The number of carbonyl (C=O) groups excluding carboxylic acids is 6. The lowest BCUT2D eigenvalue weighted by molar-refractivity contribution is -0.160. The molecule has 1 aromatic rings. The molecule has 0 saturated heterocycles. The molecule has 0 N–H and O–H groups in total. The zero-order chi connectivity index (χ0) is 34.7. The molecule has 0 radical (unpaired) electrons. The summed E-state index contributed by atoms with van der Waals surface area (Å²) in [5, 5.41) is 0. The van der Waals surface area contributed by atoms with Crippen LogP contribution in [0.25, 0.3) is 0 Å². The average Bonchev–Trinajstić information content (AvgIpc) is 3.11. The van der Waals surface area contributed by atoms with Crippen molar-refractivity contribution in [3.05, 3.63) is 55.1 Å². The van der Waals surface area contributed by atoms with Gasteiger partial charge in [0.25, 0.3) is 0 Å². The van der Waals surface area contributed by atoms with Crippen molar-refractivity contribution in [2.45, 2.75) is 83.2 Å². The van der Waals surface area contributed by atoms with Crippen LogP contribution in [0.15, 0.2) is 49.6 Å². The lowest BCUT2D eigenvalue weighted by Crippen LogP contribution is -2.33. The van der Waals surface area contributed by atoms with Gasteiger partial charge in [-0.15, -0.1) is 0 Å². The quantitative estimate of drug-likeness (QED) is 0.0660. The van der Waals surface area contributed by atoms with Gasteiger partial charge in [-0.3, -0.25) is 14.4 Å². The molecular weight excluding hydrogens is 624 g/mol. The minimum Gasteiger partial charge on any atom is -0.465 e. The third-order valence-corrected chi connectivity index (χ3v) is 8.37. The Kier molecular flexibility index (Phi) is 16.4. The van der Waals surface area contributed by atoms with Gasteiger partial charge < -0.3 is 28.4 Å². The average molecular weight is 671 g/mol. The second-order valence-electron chi connectivity index (χ2n) is 11.9. The highest BCUT2D eigenvalue weighted by molar-refractivity contribution is 5.89. The maximum absolute atomic E-state index is 12.8. The Morgan fingerprint density at radius 1 is 0.562 bits per heavy atom. The van der Waals surface area contributed by atoms with E-state index in [-0.39, 0.29) is 68.2 Å². The van der Waals surface area contributed by atoms with Gasteiger partial charge in [-0.25, -0.2) is 14.4 Å². The molecule has 12 nitrogen and oxygen atoms in total. The van der Waals surface area contributed by atoms with Crippen LogP contribution in [0.4, 0.5) is 0 Å². The molecule has 12 heteroatoms. The molecule has 2 saturated carbocycles. The lowest BCUT2D eigenvalue weighted by atomic mass is 9.82. The molecule has 0 aromatic heterocycles. The second kappa shape index (κ2) is 20.7. The summed E-state index contributed by atoms with van der Waals surface area (Å²) in [5.41, 5.74) is 0.317. The van der Waals surface area contributed by atoms with Gasteiger partial charge in [-0.1, -0.05) is 13.2 Å². The first-order chi connectivity index (χ1) is 23.2. The monoisotopic (exact) mass is 670 g/mol. The van der Waals surface area contributed by atoms with E-state index >= 15 is 0 Å². The van der Waals surface area contributed by atoms with Crippen LogP contribution in [0.2, 0.25) is 0 Å². The van der Waals surface area contributed by atoms with Crippen LogP contribution >= 0.6 is 0 Å². The summed E-state index contributed by atoms with van der Waals surface area (Å²) >= 11 is 0. The predicted molar refractivity (Wildman–Crippen MR) is 171 cm³/mol. The predicted octanol–water partition coefficient (Wildman–Crippen LogP) is 5.22. The van der Waals surface area contributed by atoms with Gasteiger partial charge in [0.1, 0.15) is 11.9 Å². The zero-order valence-corrected chi connectivity index (χ0v) is 27.4. The minimum absolute atomic E-state index is 0.177. The summed E-state index contributed by atoms with van der Waals surface area (Å²) in [4.78, 5) is 72.3. The van der Waals surface area contributed by atoms with Crippen LogP contribution in [0.3, 0.4) is 0 Å². The fourth-order valence-corrected chi connectivity index (χ4v) is 5.51. The molecule has 3 rings (SSSR count). The van der Waals surface area contributed by atoms with Crippen molar-refractivity contribution in [3.63, 3.8) is 0 Å². The van der Waals surface area contributed by atoms with E-state index in [1.165, 1.54) is 24.3 Å². The first-order valence-corrected chi connectivity index (χ1v) is 16.6. The lowest BCUT2D eigenvalue weighted by Gasteiger charge is -2.30. The van der Waals surface area contributed by atoms with E-state index in [4.69, 9.17) is 28.4 Å². The standard InChI is InChI=1S/C36H46O12/c1-3-31(37)43-21-5-7-23-45-33(39)25-13-17-29(18-14-25)47-35(41)27-9-11-28(12-10-27)36(42)48-30-19-15-26(16-20-30)34(40)46-24-8-6-22-44-32(38)4-2/h3-4,13-14,17-18,26-28,30H,1-2,5-12,15-16,19-24H2. The van der Waals surface area contributed by atoms with Crippen molar-refractivity contribution in [3.8, 4) is 5.75 Å². The number of hydrogen-bond acceptors (Lipinski definition) is 12. The van der Waals surface area contributed by atoms with E-state index in [0.717, 1.165) is 12.2 Å². The molecule has 2 fully saturated rings. The van der Waals surface area contributed by atoms with Gasteiger partial charge in [0, 0.05) is 12.2 Å². The number of rotatable bonds is 18. The normalized spacial score (nSPS) is 20.3. The van der Waals surface area contributed by atoms with Crippen molar-refractivity contribution in [2.75, 3.05) is 26.4 Å². The maximum Gasteiger partial charge on any atom is 0.338 e. The molecule has 48 heavy (non-hydrogen) atoms. The third-order valence-electron chi connectivity index (χ3n) is 8.37. The Bertz CT molecular complexity index is 1250. The SMILES string of the molecule is C=CC(=O)OCCCCOC(=O)c1ccc(OC(=O)C2CCC(C(=O)OC3CCC(C(=O)OCCCCOC(=O)C=C)CC3)CC2)cc1. The Hall–Kier alpha value is -4.48. The molecule has 1 aromatic carbocycles. The molecular formula is C36H46O12. The van der Waals surface area contributed by atoms with Crippen LogP contribution in [-0.2, 0) is 47.7 Å². The molecule has 0 spiro atoms. The van der Waals surface area contributed by atoms with Crippen molar-refractivity contribution >= 4 is 35.8 Å². The first kappa shape index (κ1) is 38.0. The molecule has 2 aliphatic rings. The maximum atomic E-state index is 12.8. The Balaban J connectivity index is 1.27. The van der Waals surface area contributed by atoms with Crippen LogP contribution < -0.4 is 4.74 Å². The molecule has 0 bridgehead atoms. The highest BCUT2D eigenvalue weighted by Gasteiger charge is 2.34. The van der Waals surface area contributed by atoms with Crippen molar-refractivity contribution in [1.29, 1.82) is 0 Å². The fraction of sp³-hybridized carbons (Fsp3) is 0.556. The Labute approximate surface area is 281 Å². The van der Waals surface area contributed by atoms with E-state index in [1.807, 2.05) is 0 Å². The Morgan fingerprint density at radius 3 is 1.52 bits per heavy atom. The van der Waals surface area contributed by atoms with Gasteiger partial charge >= 0.3 is 35.8 Å². The fourth-order valence-electron chi connectivity index (χ4n) is 5.51. The summed E-state index contributed by atoms with van der Waals surface area (Å²) in [6.07, 6.45) is 8.64. The largest absolute Gasteiger partial charge is 0.465 e. The number of ether oxygens (including phenoxy) is 6. The smallest absolute Gasteiger partial charge is 0.338 e. The van der Waals surface area contributed by atoms with Crippen molar-refractivity contribution < 1.29 is 57.2 Å². The highest BCUT2D eigenvalue weighted by atomic mass is 16.6. The van der Waals surface area contributed by atoms with Gasteiger partial charge in [-0.2, -0.15) is 0 Å². The first-order valence-electron chi connectivity index (χ1n) is 16.6.